The predicted molar refractivity (Wildman–Crippen MR) is 58.8 cm³/mol. The minimum atomic E-state index is -0.538. The SMILES string of the molecule is OC(CC1(Cl)CC1)c1ccccc1Cl. The van der Waals surface area contributed by atoms with Gasteiger partial charge in [0.15, 0.2) is 0 Å². The van der Waals surface area contributed by atoms with Crippen molar-refractivity contribution in [1.82, 2.24) is 0 Å². The van der Waals surface area contributed by atoms with E-state index in [0.29, 0.717) is 11.4 Å². The summed E-state index contributed by atoms with van der Waals surface area (Å²) in [6.45, 7) is 0. The predicted octanol–water partition coefficient (Wildman–Crippen LogP) is 3.53. The fourth-order valence-electron chi connectivity index (χ4n) is 1.54. The van der Waals surface area contributed by atoms with Gasteiger partial charge < -0.3 is 5.11 Å². The van der Waals surface area contributed by atoms with E-state index >= 15 is 0 Å². The van der Waals surface area contributed by atoms with Crippen LogP contribution in [-0.2, 0) is 0 Å². The van der Waals surface area contributed by atoms with Crippen LogP contribution in [0.25, 0.3) is 0 Å². The van der Waals surface area contributed by atoms with Gasteiger partial charge in [0.1, 0.15) is 0 Å². The molecule has 3 heteroatoms. The van der Waals surface area contributed by atoms with Gasteiger partial charge in [0, 0.05) is 9.90 Å². The number of hydrogen-bond donors (Lipinski definition) is 1. The Morgan fingerprint density at radius 2 is 2.00 bits per heavy atom. The molecular weight excluding hydrogens is 219 g/mol. The van der Waals surface area contributed by atoms with Crippen LogP contribution in [0.5, 0.6) is 0 Å². The monoisotopic (exact) mass is 230 g/mol. The molecule has 1 aliphatic carbocycles. The Bertz CT molecular complexity index is 334. The summed E-state index contributed by atoms with van der Waals surface area (Å²) in [5.74, 6) is 0. The van der Waals surface area contributed by atoms with Crippen molar-refractivity contribution in [2.75, 3.05) is 0 Å². The third kappa shape index (κ3) is 2.22. The molecule has 0 bridgehead atoms. The number of hydrogen-bond acceptors (Lipinski definition) is 1. The number of aliphatic hydroxyl groups excluding tert-OH is 1. The molecule has 1 N–H and O–H groups in total. The lowest BCUT2D eigenvalue weighted by Crippen LogP contribution is -2.07. The highest BCUT2D eigenvalue weighted by Crippen LogP contribution is 2.49. The molecule has 1 atom stereocenters. The Morgan fingerprint density at radius 3 is 2.57 bits per heavy atom. The van der Waals surface area contributed by atoms with Crippen molar-refractivity contribution < 1.29 is 5.11 Å². The maximum atomic E-state index is 9.91. The summed E-state index contributed by atoms with van der Waals surface area (Å²) >= 11 is 12.1. The van der Waals surface area contributed by atoms with E-state index in [9.17, 15) is 5.11 Å². The summed E-state index contributed by atoms with van der Waals surface area (Å²) in [5.41, 5.74) is 0.779. The van der Waals surface area contributed by atoms with Crippen LogP contribution in [0.2, 0.25) is 5.02 Å². The summed E-state index contributed by atoms with van der Waals surface area (Å²) < 4.78 is 0. The Kier molecular flexibility index (Phi) is 2.74. The molecule has 0 radical (unpaired) electrons. The van der Waals surface area contributed by atoms with Gasteiger partial charge in [0.05, 0.1) is 6.10 Å². The van der Waals surface area contributed by atoms with E-state index in [1.54, 1.807) is 6.07 Å². The van der Waals surface area contributed by atoms with E-state index in [0.717, 1.165) is 18.4 Å². The zero-order valence-corrected chi connectivity index (χ0v) is 9.22. The highest BCUT2D eigenvalue weighted by Gasteiger charge is 2.42. The molecule has 0 aromatic heterocycles. The molecule has 76 valence electrons. The van der Waals surface area contributed by atoms with E-state index < -0.39 is 6.10 Å². The van der Waals surface area contributed by atoms with Gasteiger partial charge in [-0.15, -0.1) is 11.6 Å². The first kappa shape index (κ1) is 10.3. The molecule has 1 fully saturated rings. The molecule has 2 rings (SSSR count). The zero-order valence-electron chi connectivity index (χ0n) is 7.71. The van der Waals surface area contributed by atoms with Crippen LogP contribution in [0.15, 0.2) is 24.3 Å². The maximum absolute atomic E-state index is 9.91. The first-order chi connectivity index (χ1) is 6.61. The van der Waals surface area contributed by atoms with Crippen molar-refractivity contribution in [2.45, 2.75) is 30.2 Å². The van der Waals surface area contributed by atoms with Crippen LogP contribution in [0.4, 0.5) is 0 Å². The molecule has 0 heterocycles. The largest absolute Gasteiger partial charge is 0.388 e. The van der Waals surface area contributed by atoms with Crippen LogP contribution in [0.3, 0.4) is 0 Å². The van der Waals surface area contributed by atoms with Crippen LogP contribution >= 0.6 is 23.2 Å². The fraction of sp³-hybridized carbons (Fsp3) is 0.455. The molecule has 0 aliphatic heterocycles. The van der Waals surface area contributed by atoms with Crippen molar-refractivity contribution in [1.29, 1.82) is 0 Å². The molecular formula is C11H12Cl2O. The molecule has 14 heavy (non-hydrogen) atoms. The molecule has 1 aromatic carbocycles. The Hall–Kier alpha value is -0.240. The molecule has 0 spiro atoms. The van der Waals surface area contributed by atoms with Crippen LogP contribution in [0, 0.1) is 0 Å². The number of alkyl halides is 1. The third-order valence-electron chi connectivity index (χ3n) is 2.62. The van der Waals surface area contributed by atoms with Gasteiger partial charge in [0.2, 0.25) is 0 Å². The Morgan fingerprint density at radius 1 is 1.36 bits per heavy atom. The van der Waals surface area contributed by atoms with Crippen molar-refractivity contribution >= 4 is 23.2 Å². The van der Waals surface area contributed by atoms with E-state index in [1.807, 2.05) is 18.2 Å². The lowest BCUT2D eigenvalue weighted by atomic mass is 10.0. The van der Waals surface area contributed by atoms with Crippen molar-refractivity contribution in [3.8, 4) is 0 Å². The molecule has 1 aliphatic rings. The highest BCUT2D eigenvalue weighted by atomic mass is 35.5. The smallest absolute Gasteiger partial charge is 0.0821 e. The normalized spacial score (nSPS) is 20.5. The zero-order chi connectivity index (χ0) is 10.2. The maximum Gasteiger partial charge on any atom is 0.0821 e. The van der Waals surface area contributed by atoms with Gasteiger partial charge in [-0.1, -0.05) is 29.8 Å². The van der Waals surface area contributed by atoms with Crippen molar-refractivity contribution in [2.24, 2.45) is 0 Å². The van der Waals surface area contributed by atoms with Gasteiger partial charge in [0.25, 0.3) is 0 Å². The number of benzene rings is 1. The van der Waals surface area contributed by atoms with Gasteiger partial charge in [-0.3, -0.25) is 0 Å². The van der Waals surface area contributed by atoms with E-state index in [2.05, 4.69) is 0 Å². The average molecular weight is 231 g/mol. The van der Waals surface area contributed by atoms with E-state index in [1.165, 1.54) is 0 Å². The second-order valence-corrected chi connectivity index (χ2v) is 5.10. The quantitative estimate of drug-likeness (QED) is 0.789. The minimum Gasteiger partial charge on any atom is -0.388 e. The lowest BCUT2D eigenvalue weighted by molar-refractivity contribution is 0.164. The summed E-state index contributed by atoms with van der Waals surface area (Å²) in [4.78, 5) is -0.168. The third-order valence-corrected chi connectivity index (χ3v) is 3.49. The van der Waals surface area contributed by atoms with Gasteiger partial charge in [-0.2, -0.15) is 0 Å². The molecule has 1 saturated carbocycles. The molecule has 1 unspecified atom stereocenters. The highest BCUT2D eigenvalue weighted by molar-refractivity contribution is 6.31. The Balaban J connectivity index is 2.10. The van der Waals surface area contributed by atoms with E-state index in [-0.39, 0.29) is 4.87 Å². The Labute approximate surface area is 93.7 Å². The standard InChI is InChI=1S/C11H12Cl2O/c12-9-4-2-1-3-8(9)10(14)7-11(13)5-6-11/h1-4,10,14H,5-7H2. The topological polar surface area (TPSA) is 20.2 Å². The summed E-state index contributed by atoms with van der Waals surface area (Å²) in [6.07, 6.45) is 2.05. The van der Waals surface area contributed by atoms with Crippen LogP contribution in [-0.4, -0.2) is 9.98 Å². The number of aliphatic hydroxyl groups is 1. The molecule has 1 aromatic rings. The second kappa shape index (κ2) is 3.73. The van der Waals surface area contributed by atoms with Crippen molar-refractivity contribution in [3.63, 3.8) is 0 Å². The lowest BCUT2D eigenvalue weighted by Gasteiger charge is -2.15. The number of rotatable bonds is 3. The first-order valence-electron chi connectivity index (χ1n) is 4.72. The summed E-state index contributed by atoms with van der Waals surface area (Å²) in [7, 11) is 0. The first-order valence-corrected chi connectivity index (χ1v) is 5.48. The van der Waals surface area contributed by atoms with Crippen LogP contribution in [0.1, 0.15) is 30.9 Å². The summed E-state index contributed by atoms with van der Waals surface area (Å²) in [5, 5.41) is 10.5. The molecule has 0 amide bonds. The molecule has 1 nitrogen and oxygen atoms in total. The second-order valence-electron chi connectivity index (χ2n) is 3.89. The van der Waals surface area contributed by atoms with E-state index in [4.69, 9.17) is 23.2 Å². The van der Waals surface area contributed by atoms with Crippen LogP contribution < -0.4 is 0 Å². The summed E-state index contributed by atoms with van der Waals surface area (Å²) in [6, 6.07) is 7.36. The van der Waals surface area contributed by atoms with Gasteiger partial charge in [-0.05, 0) is 30.9 Å². The minimum absolute atomic E-state index is 0.168. The van der Waals surface area contributed by atoms with Gasteiger partial charge in [-0.25, -0.2) is 0 Å². The fourth-order valence-corrected chi connectivity index (χ4v) is 2.04. The van der Waals surface area contributed by atoms with Crippen molar-refractivity contribution in [3.05, 3.63) is 34.9 Å². The number of halogens is 2. The van der Waals surface area contributed by atoms with Gasteiger partial charge >= 0.3 is 0 Å². The average Bonchev–Trinajstić information content (AvgIpc) is 2.84. The molecule has 0 saturated heterocycles.